The summed E-state index contributed by atoms with van der Waals surface area (Å²) in [5.74, 6) is 1.57. The largest absolute Gasteiger partial charge is 0.379 e. The van der Waals surface area contributed by atoms with Crippen molar-refractivity contribution in [3.63, 3.8) is 0 Å². The Hall–Kier alpha value is -1.20. The Bertz CT molecular complexity index is 359. The molecule has 5 nitrogen and oxygen atoms in total. The quantitative estimate of drug-likeness (QED) is 0.660. The number of hydrogen-bond acceptors (Lipinski definition) is 5. The summed E-state index contributed by atoms with van der Waals surface area (Å²) in [5.41, 5.74) is 0.948. The number of hydrogen-bond donors (Lipinski definition) is 1. The number of nitrogens with zero attached hydrogens (tertiary/aromatic N) is 2. The second-order valence-electron chi connectivity index (χ2n) is 4.36. The first-order valence-electron chi connectivity index (χ1n) is 7.00. The average molecular weight is 267 g/mol. The van der Waals surface area contributed by atoms with Crippen molar-refractivity contribution in [1.82, 2.24) is 9.97 Å². The minimum absolute atomic E-state index is 0.428. The van der Waals surface area contributed by atoms with E-state index in [0.29, 0.717) is 25.6 Å². The predicted octanol–water partition coefficient (Wildman–Crippen LogP) is 2.55. The Morgan fingerprint density at radius 1 is 1.11 bits per heavy atom. The third-order valence-electron chi connectivity index (χ3n) is 2.50. The van der Waals surface area contributed by atoms with Gasteiger partial charge in [-0.05, 0) is 20.3 Å². The van der Waals surface area contributed by atoms with E-state index in [4.69, 9.17) is 9.47 Å². The van der Waals surface area contributed by atoms with Crippen LogP contribution in [0.3, 0.4) is 0 Å². The standard InChI is InChI=1S/C14H25N3O2/c1-4-6-7-18-8-9-19-11-14-16-12(3)10-13(17-14)15-5-2/h10H,4-9,11H2,1-3H3,(H,15,16,17). The topological polar surface area (TPSA) is 56.3 Å². The number of rotatable bonds is 10. The molecule has 108 valence electrons. The number of nitrogens with one attached hydrogen (secondary N) is 1. The van der Waals surface area contributed by atoms with Crippen LogP contribution in [0.2, 0.25) is 0 Å². The summed E-state index contributed by atoms with van der Waals surface area (Å²) in [6, 6.07) is 1.93. The molecule has 5 heteroatoms. The first-order valence-corrected chi connectivity index (χ1v) is 7.00. The van der Waals surface area contributed by atoms with Crippen LogP contribution in [0.1, 0.15) is 38.2 Å². The fourth-order valence-corrected chi connectivity index (χ4v) is 1.60. The highest BCUT2D eigenvalue weighted by atomic mass is 16.5. The molecule has 0 fully saturated rings. The first kappa shape index (κ1) is 15.9. The van der Waals surface area contributed by atoms with Crippen molar-refractivity contribution in [1.29, 1.82) is 0 Å². The highest BCUT2D eigenvalue weighted by Gasteiger charge is 2.01. The minimum atomic E-state index is 0.428. The minimum Gasteiger partial charge on any atom is -0.379 e. The summed E-state index contributed by atoms with van der Waals surface area (Å²) in [7, 11) is 0. The summed E-state index contributed by atoms with van der Waals surface area (Å²) in [6.07, 6.45) is 2.26. The lowest BCUT2D eigenvalue weighted by molar-refractivity contribution is 0.0374. The van der Waals surface area contributed by atoms with E-state index >= 15 is 0 Å². The van der Waals surface area contributed by atoms with E-state index in [2.05, 4.69) is 22.2 Å². The predicted molar refractivity (Wildman–Crippen MR) is 76.3 cm³/mol. The zero-order valence-electron chi connectivity index (χ0n) is 12.2. The molecular weight excluding hydrogens is 242 g/mol. The molecular formula is C14H25N3O2. The SMILES string of the molecule is CCCCOCCOCc1nc(C)cc(NCC)n1. The van der Waals surface area contributed by atoms with Gasteiger partial charge in [0.2, 0.25) is 0 Å². The Morgan fingerprint density at radius 2 is 1.89 bits per heavy atom. The maximum atomic E-state index is 5.51. The molecule has 0 saturated heterocycles. The van der Waals surface area contributed by atoms with Crippen LogP contribution in [0.25, 0.3) is 0 Å². The lowest BCUT2D eigenvalue weighted by Gasteiger charge is -2.08. The van der Waals surface area contributed by atoms with E-state index in [9.17, 15) is 0 Å². The number of aryl methyl sites for hydroxylation is 1. The number of aromatic nitrogens is 2. The van der Waals surface area contributed by atoms with E-state index in [1.807, 2.05) is 19.9 Å². The van der Waals surface area contributed by atoms with Gasteiger partial charge in [-0.15, -0.1) is 0 Å². The molecule has 0 spiro atoms. The van der Waals surface area contributed by atoms with E-state index in [1.54, 1.807) is 0 Å². The van der Waals surface area contributed by atoms with Crippen molar-refractivity contribution in [2.24, 2.45) is 0 Å². The Labute approximate surface area is 115 Å². The zero-order chi connectivity index (χ0) is 13.9. The first-order chi connectivity index (χ1) is 9.26. The van der Waals surface area contributed by atoms with Crippen LogP contribution >= 0.6 is 0 Å². The van der Waals surface area contributed by atoms with Gasteiger partial charge in [0.15, 0.2) is 5.82 Å². The van der Waals surface area contributed by atoms with Crippen LogP contribution in [0, 0.1) is 6.92 Å². The zero-order valence-corrected chi connectivity index (χ0v) is 12.2. The summed E-state index contributed by atoms with van der Waals surface area (Å²) < 4.78 is 10.9. The van der Waals surface area contributed by atoms with Gasteiger partial charge in [0.05, 0.1) is 13.2 Å². The molecule has 0 bridgehead atoms. The summed E-state index contributed by atoms with van der Waals surface area (Å²) in [6.45, 7) is 9.45. The summed E-state index contributed by atoms with van der Waals surface area (Å²) >= 11 is 0. The number of unbranched alkanes of at least 4 members (excludes halogenated alkanes) is 1. The van der Waals surface area contributed by atoms with Gasteiger partial charge in [0, 0.05) is 24.9 Å². The molecule has 1 aromatic rings. The maximum absolute atomic E-state index is 5.51. The molecule has 0 radical (unpaired) electrons. The second-order valence-corrected chi connectivity index (χ2v) is 4.36. The van der Waals surface area contributed by atoms with Gasteiger partial charge in [0.25, 0.3) is 0 Å². The molecule has 0 aromatic carbocycles. The molecule has 0 aliphatic heterocycles. The van der Waals surface area contributed by atoms with Crippen LogP contribution in [0.5, 0.6) is 0 Å². The van der Waals surface area contributed by atoms with Crippen LogP contribution in [0.15, 0.2) is 6.07 Å². The second kappa shape index (κ2) is 9.69. The Morgan fingerprint density at radius 3 is 2.63 bits per heavy atom. The molecule has 1 rings (SSSR count). The smallest absolute Gasteiger partial charge is 0.156 e. The van der Waals surface area contributed by atoms with Crippen molar-refractivity contribution >= 4 is 5.82 Å². The van der Waals surface area contributed by atoms with E-state index in [1.165, 1.54) is 0 Å². The van der Waals surface area contributed by atoms with E-state index in [-0.39, 0.29) is 0 Å². The molecule has 0 amide bonds. The normalized spacial score (nSPS) is 10.7. The molecule has 1 aromatic heterocycles. The third kappa shape index (κ3) is 7.08. The fourth-order valence-electron chi connectivity index (χ4n) is 1.60. The summed E-state index contributed by atoms with van der Waals surface area (Å²) in [4.78, 5) is 8.73. The van der Waals surface area contributed by atoms with Crippen molar-refractivity contribution in [3.8, 4) is 0 Å². The lowest BCUT2D eigenvalue weighted by Crippen LogP contribution is -2.09. The number of anilines is 1. The molecule has 1 heterocycles. The average Bonchev–Trinajstić information content (AvgIpc) is 2.37. The van der Waals surface area contributed by atoms with Crippen LogP contribution < -0.4 is 5.32 Å². The van der Waals surface area contributed by atoms with Crippen molar-refractivity contribution < 1.29 is 9.47 Å². The van der Waals surface area contributed by atoms with Gasteiger partial charge in [-0.2, -0.15) is 0 Å². The van der Waals surface area contributed by atoms with Crippen LogP contribution in [-0.2, 0) is 16.1 Å². The van der Waals surface area contributed by atoms with Crippen molar-refractivity contribution in [2.45, 2.75) is 40.2 Å². The molecule has 1 N–H and O–H groups in total. The lowest BCUT2D eigenvalue weighted by atomic mass is 10.4. The molecule has 0 atom stereocenters. The van der Waals surface area contributed by atoms with E-state index in [0.717, 1.165) is 37.5 Å². The van der Waals surface area contributed by atoms with E-state index < -0.39 is 0 Å². The van der Waals surface area contributed by atoms with Crippen LogP contribution in [0.4, 0.5) is 5.82 Å². The highest BCUT2D eigenvalue weighted by molar-refractivity contribution is 5.35. The van der Waals surface area contributed by atoms with Gasteiger partial charge in [-0.25, -0.2) is 9.97 Å². The van der Waals surface area contributed by atoms with Crippen molar-refractivity contribution in [3.05, 3.63) is 17.6 Å². The molecule has 0 unspecified atom stereocenters. The van der Waals surface area contributed by atoms with Gasteiger partial charge in [-0.3, -0.25) is 0 Å². The molecule has 0 aliphatic carbocycles. The monoisotopic (exact) mass is 267 g/mol. The third-order valence-corrected chi connectivity index (χ3v) is 2.50. The van der Waals surface area contributed by atoms with Crippen LogP contribution in [-0.4, -0.2) is 36.3 Å². The van der Waals surface area contributed by atoms with Gasteiger partial charge in [0.1, 0.15) is 12.4 Å². The maximum Gasteiger partial charge on any atom is 0.156 e. The Balaban J connectivity index is 2.25. The molecule has 0 aliphatic rings. The van der Waals surface area contributed by atoms with Gasteiger partial charge >= 0.3 is 0 Å². The number of ether oxygens (including phenoxy) is 2. The molecule has 0 saturated carbocycles. The molecule has 19 heavy (non-hydrogen) atoms. The Kier molecular flexibility index (Phi) is 8.09. The highest BCUT2D eigenvalue weighted by Crippen LogP contribution is 2.06. The fraction of sp³-hybridized carbons (Fsp3) is 0.714. The van der Waals surface area contributed by atoms with Gasteiger partial charge < -0.3 is 14.8 Å². The van der Waals surface area contributed by atoms with Crippen molar-refractivity contribution in [2.75, 3.05) is 31.7 Å². The summed E-state index contributed by atoms with van der Waals surface area (Å²) in [5, 5.41) is 3.18. The van der Waals surface area contributed by atoms with Gasteiger partial charge in [-0.1, -0.05) is 13.3 Å².